The highest BCUT2D eigenvalue weighted by Gasteiger charge is 2.36. The number of hydrogen-bond donors (Lipinski definition) is 3. The van der Waals surface area contributed by atoms with E-state index in [4.69, 9.17) is 0 Å². The van der Waals surface area contributed by atoms with Crippen LogP contribution in [0.25, 0.3) is 0 Å². The number of nitrogens with one attached hydrogen (secondary N) is 3. The van der Waals surface area contributed by atoms with E-state index in [2.05, 4.69) is 29.0 Å². The molecule has 3 heterocycles. The first kappa shape index (κ1) is 10.8. The van der Waals surface area contributed by atoms with Crippen LogP contribution in [-0.4, -0.2) is 31.3 Å². The Hall–Kier alpha value is -0.380. The molecule has 3 heteroatoms. The van der Waals surface area contributed by atoms with Gasteiger partial charge < -0.3 is 10.6 Å². The van der Waals surface area contributed by atoms with Gasteiger partial charge in [-0.05, 0) is 51.6 Å². The Labute approximate surface area is 98.1 Å². The highest BCUT2D eigenvalue weighted by Crippen LogP contribution is 2.31. The van der Waals surface area contributed by atoms with E-state index < -0.39 is 0 Å². The molecule has 0 spiro atoms. The first-order chi connectivity index (χ1) is 7.83. The molecule has 0 aromatic heterocycles. The average molecular weight is 221 g/mol. The summed E-state index contributed by atoms with van der Waals surface area (Å²) in [6, 6.07) is 1.20. The standard InChI is InChI=1S/C13H23N3/c1-9-7-10(4-6-14-9)12-8-11-3-2-5-15-13(11)16-12/h7,9,11-16H,2-6,8H2,1H3/t9-,11?,12?,13?/m0/s1. The molecule has 0 amide bonds. The van der Waals surface area contributed by atoms with Crippen molar-refractivity contribution in [2.75, 3.05) is 13.1 Å². The molecule has 3 unspecified atom stereocenters. The van der Waals surface area contributed by atoms with Crippen molar-refractivity contribution in [2.24, 2.45) is 5.92 Å². The van der Waals surface area contributed by atoms with Crippen molar-refractivity contribution in [3.05, 3.63) is 11.6 Å². The average Bonchev–Trinajstić information content (AvgIpc) is 2.72. The molecular weight excluding hydrogens is 198 g/mol. The minimum absolute atomic E-state index is 0.557. The molecule has 4 atom stereocenters. The molecule has 0 aromatic rings. The molecule has 3 rings (SSSR count). The van der Waals surface area contributed by atoms with E-state index in [9.17, 15) is 0 Å². The summed E-state index contributed by atoms with van der Waals surface area (Å²) >= 11 is 0. The third kappa shape index (κ3) is 2.04. The van der Waals surface area contributed by atoms with Crippen LogP contribution >= 0.6 is 0 Å². The van der Waals surface area contributed by atoms with Gasteiger partial charge in [-0.3, -0.25) is 5.32 Å². The fourth-order valence-corrected chi connectivity index (χ4v) is 3.45. The van der Waals surface area contributed by atoms with Gasteiger partial charge in [-0.25, -0.2) is 0 Å². The van der Waals surface area contributed by atoms with E-state index in [1.807, 2.05) is 0 Å². The zero-order chi connectivity index (χ0) is 11.0. The highest BCUT2D eigenvalue weighted by atomic mass is 15.2. The molecule has 0 aliphatic carbocycles. The van der Waals surface area contributed by atoms with Gasteiger partial charge in [-0.2, -0.15) is 0 Å². The molecule has 0 aromatic carbocycles. The van der Waals surface area contributed by atoms with E-state index in [1.165, 1.54) is 32.2 Å². The van der Waals surface area contributed by atoms with Crippen molar-refractivity contribution in [2.45, 2.75) is 50.9 Å². The lowest BCUT2D eigenvalue weighted by Gasteiger charge is -2.26. The van der Waals surface area contributed by atoms with Crippen LogP contribution in [0.4, 0.5) is 0 Å². The van der Waals surface area contributed by atoms with E-state index in [0.717, 1.165) is 12.5 Å². The van der Waals surface area contributed by atoms with E-state index >= 15 is 0 Å². The van der Waals surface area contributed by atoms with E-state index in [0.29, 0.717) is 18.2 Å². The minimum Gasteiger partial charge on any atom is -0.310 e. The van der Waals surface area contributed by atoms with Gasteiger partial charge in [0.2, 0.25) is 0 Å². The maximum Gasteiger partial charge on any atom is 0.0606 e. The van der Waals surface area contributed by atoms with Crippen LogP contribution in [0.1, 0.15) is 32.6 Å². The lowest BCUT2D eigenvalue weighted by molar-refractivity contribution is 0.300. The maximum atomic E-state index is 3.78. The molecule has 0 bridgehead atoms. The summed E-state index contributed by atoms with van der Waals surface area (Å²) in [5.74, 6) is 0.866. The van der Waals surface area contributed by atoms with E-state index in [1.54, 1.807) is 5.57 Å². The molecule has 3 aliphatic rings. The van der Waals surface area contributed by atoms with Gasteiger partial charge in [0, 0.05) is 12.1 Å². The minimum atomic E-state index is 0.557. The molecule has 3 N–H and O–H groups in total. The molecule has 3 nitrogen and oxygen atoms in total. The Kier molecular flexibility index (Phi) is 3.01. The molecule has 90 valence electrons. The summed E-state index contributed by atoms with van der Waals surface area (Å²) in [7, 11) is 0. The van der Waals surface area contributed by atoms with Crippen molar-refractivity contribution < 1.29 is 0 Å². The van der Waals surface area contributed by atoms with Gasteiger partial charge in [0.15, 0.2) is 0 Å². The van der Waals surface area contributed by atoms with Crippen LogP contribution in [0, 0.1) is 5.92 Å². The molecule has 2 saturated heterocycles. The van der Waals surface area contributed by atoms with Gasteiger partial charge >= 0.3 is 0 Å². The second kappa shape index (κ2) is 4.47. The molecule has 0 radical (unpaired) electrons. The van der Waals surface area contributed by atoms with Crippen LogP contribution in [0.15, 0.2) is 11.6 Å². The Morgan fingerprint density at radius 3 is 3.00 bits per heavy atom. The second-order valence-electron chi connectivity index (χ2n) is 5.52. The fourth-order valence-electron chi connectivity index (χ4n) is 3.45. The summed E-state index contributed by atoms with van der Waals surface area (Å²) in [4.78, 5) is 0. The lowest BCUT2D eigenvalue weighted by Crippen LogP contribution is -2.47. The van der Waals surface area contributed by atoms with Crippen LogP contribution in [0.2, 0.25) is 0 Å². The normalized spacial score (nSPS) is 43.9. The maximum absolute atomic E-state index is 3.78. The van der Waals surface area contributed by atoms with Gasteiger partial charge in [0.05, 0.1) is 6.17 Å². The predicted octanol–water partition coefficient (Wildman–Crippen LogP) is 0.982. The van der Waals surface area contributed by atoms with Crippen molar-refractivity contribution in [3.8, 4) is 0 Å². The third-order valence-electron chi connectivity index (χ3n) is 4.30. The van der Waals surface area contributed by atoms with E-state index in [-0.39, 0.29) is 0 Å². The molecular formula is C13H23N3. The summed E-state index contributed by atoms with van der Waals surface area (Å²) in [6.45, 7) is 4.59. The molecule has 3 aliphatic heterocycles. The zero-order valence-corrected chi connectivity index (χ0v) is 10.1. The van der Waals surface area contributed by atoms with Gasteiger partial charge in [-0.1, -0.05) is 11.6 Å². The van der Waals surface area contributed by atoms with Crippen LogP contribution in [0.5, 0.6) is 0 Å². The summed E-state index contributed by atoms with van der Waals surface area (Å²) < 4.78 is 0. The first-order valence-corrected chi connectivity index (χ1v) is 6.76. The quantitative estimate of drug-likeness (QED) is 0.578. The number of piperidine rings is 1. The van der Waals surface area contributed by atoms with Gasteiger partial charge in [0.25, 0.3) is 0 Å². The monoisotopic (exact) mass is 221 g/mol. The molecule has 16 heavy (non-hydrogen) atoms. The third-order valence-corrected chi connectivity index (χ3v) is 4.30. The Morgan fingerprint density at radius 1 is 1.25 bits per heavy atom. The summed E-state index contributed by atoms with van der Waals surface area (Å²) in [6.07, 6.45) is 8.34. The predicted molar refractivity (Wildman–Crippen MR) is 66.2 cm³/mol. The largest absolute Gasteiger partial charge is 0.310 e. The highest BCUT2D eigenvalue weighted by molar-refractivity contribution is 5.19. The van der Waals surface area contributed by atoms with Crippen molar-refractivity contribution >= 4 is 0 Å². The smallest absolute Gasteiger partial charge is 0.0606 e. The zero-order valence-electron chi connectivity index (χ0n) is 10.1. The van der Waals surface area contributed by atoms with Crippen molar-refractivity contribution in [1.29, 1.82) is 0 Å². The number of rotatable bonds is 1. The summed E-state index contributed by atoms with van der Waals surface area (Å²) in [5.41, 5.74) is 1.64. The first-order valence-electron chi connectivity index (χ1n) is 6.76. The Balaban J connectivity index is 1.68. The number of fused-ring (bicyclic) bond motifs is 1. The molecule has 0 saturated carbocycles. The van der Waals surface area contributed by atoms with Gasteiger partial charge in [-0.15, -0.1) is 0 Å². The molecule has 2 fully saturated rings. The van der Waals surface area contributed by atoms with Crippen LogP contribution in [0.3, 0.4) is 0 Å². The van der Waals surface area contributed by atoms with Crippen LogP contribution < -0.4 is 16.0 Å². The van der Waals surface area contributed by atoms with Gasteiger partial charge in [0.1, 0.15) is 0 Å². The SMILES string of the molecule is C[C@H]1C=C(C2CC3CCCNC3N2)CCN1. The second-order valence-corrected chi connectivity index (χ2v) is 5.52. The Bertz CT molecular complexity index is 273. The number of hydrogen-bond acceptors (Lipinski definition) is 3. The Morgan fingerprint density at radius 2 is 2.19 bits per heavy atom. The fraction of sp³-hybridized carbons (Fsp3) is 0.846. The topological polar surface area (TPSA) is 36.1 Å². The summed E-state index contributed by atoms with van der Waals surface area (Å²) in [5, 5.41) is 10.9. The van der Waals surface area contributed by atoms with Crippen LogP contribution in [-0.2, 0) is 0 Å². The van der Waals surface area contributed by atoms with Crippen molar-refractivity contribution in [1.82, 2.24) is 16.0 Å². The lowest BCUT2D eigenvalue weighted by atomic mass is 9.90. The van der Waals surface area contributed by atoms with Crippen molar-refractivity contribution in [3.63, 3.8) is 0 Å².